The van der Waals surface area contributed by atoms with Crippen molar-refractivity contribution in [3.63, 3.8) is 0 Å². The highest BCUT2D eigenvalue weighted by atomic mass is 32.2. The lowest BCUT2D eigenvalue weighted by atomic mass is 10.1. The van der Waals surface area contributed by atoms with Gasteiger partial charge in [-0.15, -0.1) is 0 Å². The molecule has 0 saturated carbocycles. The van der Waals surface area contributed by atoms with Crippen molar-refractivity contribution in [2.45, 2.75) is 37.3 Å². The molecular formula is C13H21NO3S. The number of aliphatic hydroxyl groups excluding tert-OH is 1. The zero-order chi connectivity index (χ0) is 13.8. The second-order valence-corrected chi connectivity index (χ2v) is 7.41. The minimum atomic E-state index is -3.42. The predicted molar refractivity (Wildman–Crippen MR) is 72.3 cm³/mol. The van der Waals surface area contributed by atoms with Crippen LogP contribution in [0, 0.1) is 0 Å². The number of sulfone groups is 1. The molecule has 0 heterocycles. The van der Waals surface area contributed by atoms with Gasteiger partial charge in [0, 0.05) is 12.1 Å². The average Bonchev–Trinajstić information content (AvgIpc) is 2.26. The van der Waals surface area contributed by atoms with Crippen molar-refractivity contribution in [2.24, 2.45) is 0 Å². The van der Waals surface area contributed by atoms with Crippen LogP contribution in [-0.4, -0.2) is 37.5 Å². The molecule has 5 heteroatoms. The van der Waals surface area contributed by atoms with Gasteiger partial charge in [0.15, 0.2) is 9.84 Å². The van der Waals surface area contributed by atoms with Crippen molar-refractivity contribution in [2.75, 3.05) is 12.3 Å². The Labute approximate surface area is 109 Å². The number of benzene rings is 1. The molecule has 0 aromatic heterocycles. The van der Waals surface area contributed by atoms with Gasteiger partial charge < -0.3 is 10.4 Å². The second kappa shape index (κ2) is 5.82. The fourth-order valence-corrected chi connectivity index (χ4v) is 2.85. The maximum Gasteiger partial charge on any atom is 0.180 e. The third kappa shape index (κ3) is 5.16. The van der Waals surface area contributed by atoms with Crippen LogP contribution < -0.4 is 5.32 Å². The molecule has 18 heavy (non-hydrogen) atoms. The van der Waals surface area contributed by atoms with Crippen LogP contribution in [0.3, 0.4) is 0 Å². The molecule has 0 spiro atoms. The van der Waals surface area contributed by atoms with Gasteiger partial charge in [0.2, 0.25) is 0 Å². The van der Waals surface area contributed by atoms with E-state index in [0.717, 1.165) is 0 Å². The number of aliphatic hydroxyl groups is 1. The minimum Gasteiger partial charge on any atom is -0.391 e. The minimum absolute atomic E-state index is 0.141. The van der Waals surface area contributed by atoms with Crippen molar-refractivity contribution in [1.29, 1.82) is 0 Å². The summed E-state index contributed by atoms with van der Waals surface area (Å²) < 4.78 is 24.0. The van der Waals surface area contributed by atoms with Gasteiger partial charge in [-0.1, -0.05) is 18.2 Å². The van der Waals surface area contributed by atoms with Crippen LogP contribution in [0.4, 0.5) is 0 Å². The van der Waals surface area contributed by atoms with Crippen LogP contribution in [0.15, 0.2) is 35.2 Å². The van der Waals surface area contributed by atoms with E-state index in [1.54, 1.807) is 30.3 Å². The Bertz CT molecular complexity index is 463. The Morgan fingerprint density at radius 1 is 1.22 bits per heavy atom. The van der Waals surface area contributed by atoms with Gasteiger partial charge in [-0.05, 0) is 32.9 Å². The van der Waals surface area contributed by atoms with E-state index in [2.05, 4.69) is 5.32 Å². The molecule has 2 N–H and O–H groups in total. The van der Waals surface area contributed by atoms with E-state index in [-0.39, 0.29) is 22.7 Å². The van der Waals surface area contributed by atoms with Crippen LogP contribution in [0.2, 0.25) is 0 Å². The van der Waals surface area contributed by atoms with Crippen molar-refractivity contribution < 1.29 is 13.5 Å². The van der Waals surface area contributed by atoms with Gasteiger partial charge in [0.25, 0.3) is 0 Å². The molecule has 0 amide bonds. The van der Waals surface area contributed by atoms with E-state index in [0.29, 0.717) is 0 Å². The van der Waals surface area contributed by atoms with E-state index in [1.165, 1.54) is 0 Å². The second-order valence-electron chi connectivity index (χ2n) is 5.38. The fraction of sp³-hybridized carbons (Fsp3) is 0.538. The molecule has 1 unspecified atom stereocenters. The zero-order valence-electron chi connectivity index (χ0n) is 11.1. The summed E-state index contributed by atoms with van der Waals surface area (Å²) in [5.74, 6) is -0.264. The molecule has 1 aromatic carbocycles. The summed E-state index contributed by atoms with van der Waals surface area (Å²) in [5.41, 5.74) is -0.141. The lowest BCUT2D eigenvalue weighted by molar-refractivity contribution is 0.181. The van der Waals surface area contributed by atoms with Crippen molar-refractivity contribution in [1.82, 2.24) is 5.32 Å². The van der Waals surface area contributed by atoms with Crippen LogP contribution in [0.5, 0.6) is 0 Å². The first kappa shape index (κ1) is 15.1. The van der Waals surface area contributed by atoms with E-state index in [1.807, 2.05) is 20.8 Å². The topological polar surface area (TPSA) is 66.4 Å². The Hall–Kier alpha value is -0.910. The van der Waals surface area contributed by atoms with Gasteiger partial charge >= 0.3 is 0 Å². The van der Waals surface area contributed by atoms with Crippen LogP contribution >= 0.6 is 0 Å². The molecule has 0 aliphatic rings. The molecule has 1 aromatic rings. The summed E-state index contributed by atoms with van der Waals surface area (Å²) in [6, 6.07) is 8.19. The molecule has 0 saturated heterocycles. The van der Waals surface area contributed by atoms with Gasteiger partial charge in [-0.3, -0.25) is 0 Å². The van der Waals surface area contributed by atoms with Crippen LogP contribution in [0.25, 0.3) is 0 Å². The standard InChI is InChI=1S/C13H21NO3S/c1-13(2,3)14-9-11(15)10-18(16,17)12-7-5-4-6-8-12/h4-8,11,14-15H,9-10H2,1-3H3. The zero-order valence-corrected chi connectivity index (χ0v) is 11.9. The fourth-order valence-electron chi connectivity index (χ4n) is 1.46. The normalized spacial score (nSPS) is 14.4. The maximum atomic E-state index is 12.0. The highest BCUT2D eigenvalue weighted by Crippen LogP contribution is 2.11. The molecule has 0 fully saturated rings. The van der Waals surface area contributed by atoms with Gasteiger partial charge in [-0.2, -0.15) is 0 Å². The first-order valence-corrected chi connectivity index (χ1v) is 7.57. The Balaban J connectivity index is 2.62. The Morgan fingerprint density at radius 3 is 2.28 bits per heavy atom. The molecular weight excluding hydrogens is 250 g/mol. The Morgan fingerprint density at radius 2 is 1.78 bits per heavy atom. The molecule has 4 nitrogen and oxygen atoms in total. The highest BCUT2D eigenvalue weighted by molar-refractivity contribution is 7.91. The summed E-state index contributed by atoms with van der Waals surface area (Å²) in [6.07, 6.45) is -0.908. The van der Waals surface area contributed by atoms with Crippen LogP contribution in [-0.2, 0) is 9.84 Å². The molecule has 0 bridgehead atoms. The number of β-amino-alcohol motifs (C(OH)–C–C–N with tert-alkyl or cyclic N) is 1. The Kier molecular flexibility index (Phi) is 4.90. The lowest BCUT2D eigenvalue weighted by Gasteiger charge is -2.22. The van der Waals surface area contributed by atoms with Crippen molar-refractivity contribution in [3.8, 4) is 0 Å². The monoisotopic (exact) mass is 271 g/mol. The lowest BCUT2D eigenvalue weighted by Crippen LogP contribution is -2.42. The van der Waals surface area contributed by atoms with E-state index in [4.69, 9.17) is 0 Å². The molecule has 102 valence electrons. The van der Waals surface area contributed by atoms with Crippen LogP contribution in [0.1, 0.15) is 20.8 Å². The smallest absolute Gasteiger partial charge is 0.180 e. The first-order valence-electron chi connectivity index (χ1n) is 5.92. The summed E-state index contributed by atoms with van der Waals surface area (Å²) in [5, 5.41) is 12.8. The van der Waals surface area contributed by atoms with E-state index in [9.17, 15) is 13.5 Å². The van der Waals surface area contributed by atoms with E-state index < -0.39 is 15.9 Å². The SMILES string of the molecule is CC(C)(C)NCC(O)CS(=O)(=O)c1ccccc1. The maximum absolute atomic E-state index is 12.0. The third-order valence-corrected chi connectivity index (χ3v) is 4.20. The summed E-state index contributed by atoms with van der Waals surface area (Å²) in [7, 11) is -3.42. The number of nitrogens with one attached hydrogen (secondary N) is 1. The molecule has 0 aliphatic heterocycles. The number of hydrogen-bond donors (Lipinski definition) is 2. The quantitative estimate of drug-likeness (QED) is 0.845. The molecule has 1 rings (SSSR count). The number of hydrogen-bond acceptors (Lipinski definition) is 4. The summed E-state index contributed by atoms with van der Waals surface area (Å²) in [6.45, 7) is 6.15. The van der Waals surface area contributed by atoms with Gasteiger partial charge in [0.1, 0.15) is 0 Å². The predicted octanol–water partition coefficient (Wildman–Crippen LogP) is 1.21. The first-order chi connectivity index (χ1) is 8.21. The molecule has 1 atom stereocenters. The third-order valence-electron chi connectivity index (χ3n) is 2.38. The molecule has 0 radical (unpaired) electrons. The largest absolute Gasteiger partial charge is 0.391 e. The highest BCUT2D eigenvalue weighted by Gasteiger charge is 2.20. The van der Waals surface area contributed by atoms with Gasteiger partial charge in [0.05, 0.1) is 16.8 Å². The van der Waals surface area contributed by atoms with Gasteiger partial charge in [-0.25, -0.2) is 8.42 Å². The van der Waals surface area contributed by atoms with Crippen molar-refractivity contribution in [3.05, 3.63) is 30.3 Å². The summed E-state index contributed by atoms with van der Waals surface area (Å²) in [4.78, 5) is 0.250. The molecule has 0 aliphatic carbocycles. The average molecular weight is 271 g/mol. The van der Waals surface area contributed by atoms with E-state index >= 15 is 0 Å². The summed E-state index contributed by atoms with van der Waals surface area (Å²) >= 11 is 0. The number of rotatable bonds is 5. The van der Waals surface area contributed by atoms with Crippen molar-refractivity contribution >= 4 is 9.84 Å².